The molecule has 0 bridgehead atoms. The molecule has 19 heavy (non-hydrogen) atoms. The zero-order chi connectivity index (χ0) is 13.7. The number of hydrogen-bond acceptors (Lipinski definition) is 3. The third kappa shape index (κ3) is 3.54. The molecule has 1 aliphatic rings. The molecule has 1 aromatic carbocycles. The van der Waals surface area contributed by atoms with Gasteiger partial charge in [-0.2, -0.15) is 0 Å². The monoisotopic (exact) mass is 262 g/mol. The molecule has 0 radical (unpaired) electrons. The number of carbonyl (C=O) groups excluding carboxylic acids is 2. The van der Waals surface area contributed by atoms with Crippen LogP contribution in [0.1, 0.15) is 33.6 Å². The van der Waals surface area contributed by atoms with Gasteiger partial charge < -0.3 is 20.1 Å². The van der Waals surface area contributed by atoms with E-state index in [0.717, 1.165) is 19.6 Å². The maximum Gasteiger partial charge on any atom is 0.252 e. The van der Waals surface area contributed by atoms with Gasteiger partial charge in [-0.1, -0.05) is 18.2 Å². The Balaban J connectivity index is 1.90. The molecule has 2 N–H and O–H groups in total. The summed E-state index contributed by atoms with van der Waals surface area (Å²) >= 11 is 0. The second-order valence-electron chi connectivity index (χ2n) is 4.80. The summed E-state index contributed by atoms with van der Waals surface area (Å²) in [7, 11) is 0. The summed E-state index contributed by atoms with van der Waals surface area (Å²) in [5.41, 5.74) is 0.104. The Morgan fingerprint density at radius 2 is 1.79 bits per heavy atom. The largest absolute Gasteiger partial charge is 0.545 e. The Labute approximate surface area is 112 Å². The number of carbonyl (C=O) groups is 2. The van der Waals surface area contributed by atoms with Crippen molar-refractivity contribution in [3.05, 3.63) is 35.4 Å². The molecule has 5 heteroatoms. The molecule has 1 aliphatic heterocycles. The van der Waals surface area contributed by atoms with Crippen molar-refractivity contribution >= 4 is 11.9 Å². The number of carboxylic acid groups (broad SMARTS) is 1. The number of carboxylic acids is 1. The van der Waals surface area contributed by atoms with Crippen LogP contribution in [-0.2, 0) is 0 Å². The van der Waals surface area contributed by atoms with Crippen LogP contribution in [0.3, 0.4) is 0 Å². The van der Waals surface area contributed by atoms with Crippen molar-refractivity contribution in [2.24, 2.45) is 0 Å². The van der Waals surface area contributed by atoms with Crippen LogP contribution >= 0.6 is 0 Å². The van der Waals surface area contributed by atoms with Crippen LogP contribution in [0.2, 0.25) is 0 Å². The second-order valence-corrected chi connectivity index (χ2v) is 4.80. The van der Waals surface area contributed by atoms with Crippen LogP contribution in [-0.4, -0.2) is 38.1 Å². The Morgan fingerprint density at radius 1 is 1.16 bits per heavy atom. The third-order valence-electron chi connectivity index (χ3n) is 3.47. The molecule has 5 nitrogen and oxygen atoms in total. The molecule has 1 saturated heterocycles. The fraction of sp³-hybridized carbons (Fsp3) is 0.429. The number of likely N-dealkylation sites (tertiary alicyclic amines) is 1. The van der Waals surface area contributed by atoms with E-state index < -0.39 is 5.97 Å². The topological polar surface area (TPSA) is 73.7 Å². The normalized spacial score (nSPS) is 15.4. The molecule has 0 saturated carbocycles. The maximum atomic E-state index is 11.9. The van der Waals surface area contributed by atoms with Crippen LogP contribution in [0.15, 0.2) is 24.3 Å². The molecular formula is C14H18N2O3. The van der Waals surface area contributed by atoms with Gasteiger partial charge in [-0.05, 0) is 6.07 Å². The van der Waals surface area contributed by atoms with E-state index in [1.807, 2.05) is 0 Å². The molecule has 0 spiro atoms. The highest BCUT2D eigenvalue weighted by atomic mass is 16.4. The zero-order valence-corrected chi connectivity index (χ0v) is 10.8. The number of benzene rings is 1. The van der Waals surface area contributed by atoms with Crippen molar-refractivity contribution in [3.63, 3.8) is 0 Å². The number of nitrogens with one attached hydrogen (secondary N) is 2. The van der Waals surface area contributed by atoms with Gasteiger partial charge in [-0.3, -0.25) is 4.79 Å². The highest BCUT2D eigenvalue weighted by Crippen LogP contribution is 2.07. The van der Waals surface area contributed by atoms with Gasteiger partial charge in [0.1, 0.15) is 0 Å². The Morgan fingerprint density at radius 3 is 2.42 bits per heavy atom. The van der Waals surface area contributed by atoms with Crippen molar-refractivity contribution < 1.29 is 19.6 Å². The van der Waals surface area contributed by atoms with E-state index in [2.05, 4.69) is 5.32 Å². The number of hydrogen-bond donors (Lipinski definition) is 2. The summed E-state index contributed by atoms with van der Waals surface area (Å²) in [5.74, 6) is -1.67. The first kappa shape index (κ1) is 13.5. The molecule has 1 amide bonds. The average Bonchev–Trinajstić information content (AvgIpc) is 2.91. The summed E-state index contributed by atoms with van der Waals surface area (Å²) in [5, 5.41) is 13.7. The summed E-state index contributed by atoms with van der Waals surface area (Å²) in [6.45, 7) is 3.77. The van der Waals surface area contributed by atoms with Crippen molar-refractivity contribution in [1.82, 2.24) is 5.32 Å². The first-order valence-corrected chi connectivity index (χ1v) is 6.60. The van der Waals surface area contributed by atoms with Gasteiger partial charge in [-0.25, -0.2) is 0 Å². The predicted octanol–water partition coefficient (Wildman–Crippen LogP) is -1.54. The quantitative estimate of drug-likeness (QED) is 0.675. The van der Waals surface area contributed by atoms with Crippen LogP contribution in [0.5, 0.6) is 0 Å². The molecule has 0 aromatic heterocycles. The van der Waals surface area contributed by atoms with Gasteiger partial charge in [-0.15, -0.1) is 0 Å². The van der Waals surface area contributed by atoms with Crippen molar-refractivity contribution in [2.45, 2.75) is 12.8 Å². The number of aromatic carboxylic acids is 1. The minimum Gasteiger partial charge on any atom is -0.545 e. The van der Waals surface area contributed by atoms with Crippen LogP contribution in [0.25, 0.3) is 0 Å². The van der Waals surface area contributed by atoms with Crippen LogP contribution in [0.4, 0.5) is 0 Å². The van der Waals surface area contributed by atoms with Crippen LogP contribution < -0.4 is 15.3 Å². The molecular weight excluding hydrogens is 244 g/mol. The molecule has 0 atom stereocenters. The molecule has 2 rings (SSSR count). The lowest BCUT2D eigenvalue weighted by molar-refractivity contribution is -0.886. The molecule has 0 unspecified atom stereocenters. The summed E-state index contributed by atoms with van der Waals surface area (Å²) in [6.07, 6.45) is 2.49. The fourth-order valence-electron chi connectivity index (χ4n) is 2.43. The van der Waals surface area contributed by atoms with E-state index in [1.165, 1.54) is 29.9 Å². The first-order chi connectivity index (χ1) is 9.18. The minimum atomic E-state index is -1.32. The van der Waals surface area contributed by atoms with Gasteiger partial charge in [0.05, 0.1) is 32.1 Å². The van der Waals surface area contributed by atoms with Gasteiger partial charge in [0, 0.05) is 24.0 Å². The Kier molecular flexibility index (Phi) is 4.52. The number of amides is 1. The van der Waals surface area contributed by atoms with E-state index in [-0.39, 0.29) is 17.0 Å². The Hall–Kier alpha value is -1.88. The third-order valence-corrected chi connectivity index (χ3v) is 3.47. The van der Waals surface area contributed by atoms with E-state index in [4.69, 9.17) is 0 Å². The smallest absolute Gasteiger partial charge is 0.252 e. The lowest BCUT2D eigenvalue weighted by atomic mass is 10.1. The average molecular weight is 262 g/mol. The molecule has 0 aliphatic carbocycles. The highest BCUT2D eigenvalue weighted by Gasteiger charge is 2.16. The standard InChI is InChI=1S/C14H18N2O3/c17-13(15-7-10-16-8-3-4-9-16)11-5-1-2-6-12(11)14(18)19/h1-2,5-6H,3-4,7-10H2,(H,15,17)(H,18,19). The highest BCUT2D eigenvalue weighted by molar-refractivity contribution is 6.04. The van der Waals surface area contributed by atoms with E-state index in [9.17, 15) is 14.7 Å². The number of quaternary nitrogens is 1. The van der Waals surface area contributed by atoms with E-state index >= 15 is 0 Å². The van der Waals surface area contributed by atoms with E-state index in [0.29, 0.717) is 6.54 Å². The second kappa shape index (κ2) is 6.33. The molecule has 1 heterocycles. The molecule has 1 fully saturated rings. The van der Waals surface area contributed by atoms with Crippen molar-refractivity contribution in [3.8, 4) is 0 Å². The van der Waals surface area contributed by atoms with Gasteiger partial charge in [0.25, 0.3) is 5.91 Å². The van der Waals surface area contributed by atoms with Gasteiger partial charge in [0.2, 0.25) is 0 Å². The first-order valence-electron chi connectivity index (χ1n) is 6.60. The van der Waals surface area contributed by atoms with Crippen LogP contribution in [0, 0.1) is 0 Å². The fourth-order valence-corrected chi connectivity index (χ4v) is 2.43. The summed E-state index contributed by atoms with van der Waals surface area (Å²) in [4.78, 5) is 24.3. The zero-order valence-electron chi connectivity index (χ0n) is 10.8. The summed E-state index contributed by atoms with van der Waals surface area (Å²) in [6, 6.07) is 6.11. The molecule has 1 aromatic rings. The van der Waals surface area contributed by atoms with Gasteiger partial charge >= 0.3 is 0 Å². The van der Waals surface area contributed by atoms with Gasteiger partial charge in [0.15, 0.2) is 0 Å². The lowest BCUT2D eigenvalue weighted by Gasteiger charge is -2.13. The minimum absolute atomic E-state index is 0.0616. The SMILES string of the molecule is O=C([O-])c1ccccc1C(=O)NCC[NH+]1CCCC1. The maximum absolute atomic E-state index is 11.9. The van der Waals surface area contributed by atoms with Crippen molar-refractivity contribution in [2.75, 3.05) is 26.2 Å². The summed E-state index contributed by atoms with van der Waals surface area (Å²) < 4.78 is 0. The lowest BCUT2D eigenvalue weighted by Crippen LogP contribution is -3.10. The Bertz CT molecular complexity index is 468. The molecule has 102 valence electrons. The van der Waals surface area contributed by atoms with E-state index in [1.54, 1.807) is 12.1 Å². The number of rotatable bonds is 5. The van der Waals surface area contributed by atoms with Crippen molar-refractivity contribution in [1.29, 1.82) is 0 Å². The predicted molar refractivity (Wildman–Crippen MR) is 67.9 cm³/mol.